The van der Waals surface area contributed by atoms with Crippen molar-refractivity contribution in [2.24, 2.45) is 17.8 Å². The summed E-state index contributed by atoms with van der Waals surface area (Å²) in [4.78, 5) is 0. The van der Waals surface area contributed by atoms with E-state index in [4.69, 9.17) is 4.74 Å². The van der Waals surface area contributed by atoms with Crippen molar-refractivity contribution in [2.75, 3.05) is 6.61 Å². The van der Waals surface area contributed by atoms with E-state index in [1.54, 1.807) is 0 Å². The molecule has 1 heteroatoms. The molecule has 2 atom stereocenters. The van der Waals surface area contributed by atoms with Gasteiger partial charge in [0.25, 0.3) is 0 Å². The first kappa shape index (κ1) is 10.0. The van der Waals surface area contributed by atoms with Crippen molar-refractivity contribution in [2.45, 2.75) is 46.6 Å². The Bertz CT molecular complexity index is 113. The van der Waals surface area contributed by atoms with E-state index in [2.05, 4.69) is 27.7 Å². The Kier molecular flexibility index (Phi) is 3.57. The molecule has 1 nitrogen and oxygen atoms in total. The van der Waals surface area contributed by atoms with Gasteiger partial charge in [0.2, 0.25) is 0 Å². The molecule has 1 saturated heterocycles. The van der Waals surface area contributed by atoms with Crippen molar-refractivity contribution in [1.29, 1.82) is 0 Å². The maximum absolute atomic E-state index is 5.81. The molecule has 0 bridgehead atoms. The quantitative estimate of drug-likeness (QED) is 0.619. The Morgan fingerprint density at radius 3 is 2.17 bits per heavy atom. The Labute approximate surface area is 76.5 Å². The van der Waals surface area contributed by atoms with Crippen LogP contribution in [-0.2, 0) is 4.74 Å². The van der Waals surface area contributed by atoms with Gasteiger partial charge in [-0.25, -0.2) is 0 Å². The van der Waals surface area contributed by atoms with Crippen LogP contribution in [0.4, 0.5) is 0 Å². The van der Waals surface area contributed by atoms with E-state index < -0.39 is 0 Å². The number of hydrogen-bond donors (Lipinski definition) is 0. The number of hydrogen-bond acceptors (Lipinski definition) is 1. The second kappa shape index (κ2) is 4.27. The Morgan fingerprint density at radius 1 is 1.08 bits per heavy atom. The average molecular weight is 170 g/mol. The molecule has 2 unspecified atom stereocenters. The SMILES string of the molecule is CC(C)C1CCCOC1C(C)C. The van der Waals surface area contributed by atoms with Crippen LogP contribution in [0.25, 0.3) is 0 Å². The molecule has 12 heavy (non-hydrogen) atoms. The van der Waals surface area contributed by atoms with Gasteiger partial charge in [0, 0.05) is 6.61 Å². The third kappa shape index (κ3) is 2.22. The highest BCUT2D eigenvalue weighted by Crippen LogP contribution is 2.31. The molecule has 0 aromatic carbocycles. The summed E-state index contributed by atoms with van der Waals surface area (Å²) in [6, 6.07) is 0. The van der Waals surface area contributed by atoms with Crippen molar-refractivity contribution in [3.05, 3.63) is 0 Å². The van der Waals surface area contributed by atoms with Gasteiger partial charge >= 0.3 is 0 Å². The normalized spacial score (nSPS) is 31.5. The van der Waals surface area contributed by atoms with Gasteiger partial charge in [0.05, 0.1) is 6.10 Å². The minimum absolute atomic E-state index is 0.513. The lowest BCUT2D eigenvalue weighted by Crippen LogP contribution is -2.36. The molecule has 1 rings (SSSR count). The zero-order valence-corrected chi connectivity index (χ0v) is 8.84. The first-order chi connectivity index (χ1) is 5.63. The summed E-state index contributed by atoms with van der Waals surface area (Å²) in [7, 11) is 0. The molecule has 0 aromatic heterocycles. The summed E-state index contributed by atoms with van der Waals surface area (Å²) >= 11 is 0. The van der Waals surface area contributed by atoms with Gasteiger partial charge in [-0.15, -0.1) is 0 Å². The molecule has 0 amide bonds. The van der Waals surface area contributed by atoms with Crippen LogP contribution < -0.4 is 0 Å². The van der Waals surface area contributed by atoms with Crippen LogP contribution in [0.15, 0.2) is 0 Å². The number of ether oxygens (including phenoxy) is 1. The van der Waals surface area contributed by atoms with Crippen LogP contribution in [0.1, 0.15) is 40.5 Å². The van der Waals surface area contributed by atoms with Crippen molar-refractivity contribution >= 4 is 0 Å². The van der Waals surface area contributed by atoms with Crippen LogP contribution in [0.5, 0.6) is 0 Å². The van der Waals surface area contributed by atoms with E-state index in [-0.39, 0.29) is 0 Å². The average Bonchev–Trinajstić information content (AvgIpc) is 2.04. The summed E-state index contributed by atoms with van der Waals surface area (Å²) in [6.45, 7) is 10.1. The topological polar surface area (TPSA) is 9.23 Å². The lowest BCUT2D eigenvalue weighted by Gasteiger charge is -2.36. The highest BCUT2D eigenvalue weighted by molar-refractivity contribution is 4.79. The first-order valence-corrected chi connectivity index (χ1v) is 5.24. The summed E-state index contributed by atoms with van der Waals surface area (Å²) in [5, 5.41) is 0. The van der Waals surface area contributed by atoms with Crippen LogP contribution >= 0.6 is 0 Å². The maximum Gasteiger partial charge on any atom is 0.0628 e. The van der Waals surface area contributed by atoms with Gasteiger partial charge in [0.1, 0.15) is 0 Å². The van der Waals surface area contributed by atoms with E-state index in [9.17, 15) is 0 Å². The second-order valence-corrected chi connectivity index (χ2v) is 4.63. The van der Waals surface area contributed by atoms with Crippen molar-refractivity contribution < 1.29 is 4.74 Å². The Balaban J connectivity index is 2.54. The summed E-state index contributed by atoms with van der Waals surface area (Å²) in [5.74, 6) is 2.24. The van der Waals surface area contributed by atoms with E-state index in [1.807, 2.05) is 0 Å². The first-order valence-electron chi connectivity index (χ1n) is 5.24. The van der Waals surface area contributed by atoms with Crippen molar-refractivity contribution in [3.8, 4) is 0 Å². The second-order valence-electron chi connectivity index (χ2n) is 4.63. The smallest absolute Gasteiger partial charge is 0.0628 e. The van der Waals surface area contributed by atoms with E-state index >= 15 is 0 Å². The molecule has 0 radical (unpaired) electrons. The standard InChI is InChI=1S/C11H22O/c1-8(2)10-6-5-7-12-11(10)9(3)4/h8-11H,5-7H2,1-4H3. The van der Waals surface area contributed by atoms with Crippen LogP contribution in [0, 0.1) is 17.8 Å². The predicted molar refractivity (Wildman–Crippen MR) is 52.1 cm³/mol. The summed E-state index contributed by atoms with van der Waals surface area (Å²) in [6.07, 6.45) is 3.13. The van der Waals surface area contributed by atoms with E-state index in [0.717, 1.165) is 18.4 Å². The molecule has 1 aliphatic heterocycles. The molecule has 72 valence electrons. The lowest BCUT2D eigenvalue weighted by atomic mass is 9.80. The van der Waals surface area contributed by atoms with Crippen molar-refractivity contribution in [3.63, 3.8) is 0 Å². The monoisotopic (exact) mass is 170 g/mol. The Hall–Kier alpha value is -0.0400. The van der Waals surface area contributed by atoms with Crippen LogP contribution in [-0.4, -0.2) is 12.7 Å². The van der Waals surface area contributed by atoms with Crippen molar-refractivity contribution in [1.82, 2.24) is 0 Å². The molecule has 0 aromatic rings. The fourth-order valence-electron chi connectivity index (χ4n) is 2.23. The zero-order valence-electron chi connectivity index (χ0n) is 8.84. The summed E-state index contributed by atoms with van der Waals surface area (Å²) in [5.41, 5.74) is 0. The largest absolute Gasteiger partial charge is 0.378 e. The minimum Gasteiger partial charge on any atom is -0.378 e. The van der Waals surface area contributed by atoms with Gasteiger partial charge < -0.3 is 4.74 Å². The predicted octanol–water partition coefficient (Wildman–Crippen LogP) is 3.09. The van der Waals surface area contributed by atoms with Gasteiger partial charge in [-0.2, -0.15) is 0 Å². The van der Waals surface area contributed by atoms with Gasteiger partial charge in [-0.05, 0) is 30.6 Å². The maximum atomic E-state index is 5.81. The molecule has 0 saturated carbocycles. The van der Waals surface area contributed by atoms with E-state index in [1.165, 1.54) is 12.8 Å². The highest BCUT2D eigenvalue weighted by Gasteiger charge is 2.30. The Morgan fingerprint density at radius 2 is 1.75 bits per heavy atom. The van der Waals surface area contributed by atoms with Gasteiger partial charge in [-0.1, -0.05) is 27.7 Å². The number of rotatable bonds is 2. The minimum atomic E-state index is 0.513. The lowest BCUT2D eigenvalue weighted by molar-refractivity contribution is -0.0662. The molecule has 1 heterocycles. The third-order valence-corrected chi connectivity index (χ3v) is 2.93. The van der Waals surface area contributed by atoms with Gasteiger partial charge in [-0.3, -0.25) is 0 Å². The summed E-state index contributed by atoms with van der Waals surface area (Å²) < 4.78 is 5.81. The molecule has 0 spiro atoms. The van der Waals surface area contributed by atoms with Crippen LogP contribution in [0.3, 0.4) is 0 Å². The molecular formula is C11H22O. The molecular weight excluding hydrogens is 148 g/mol. The fourth-order valence-corrected chi connectivity index (χ4v) is 2.23. The molecule has 0 N–H and O–H groups in total. The van der Waals surface area contributed by atoms with Crippen LogP contribution in [0.2, 0.25) is 0 Å². The van der Waals surface area contributed by atoms with Gasteiger partial charge in [0.15, 0.2) is 0 Å². The zero-order chi connectivity index (χ0) is 9.14. The highest BCUT2D eigenvalue weighted by atomic mass is 16.5. The fraction of sp³-hybridized carbons (Fsp3) is 1.00. The molecule has 1 fully saturated rings. The molecule has 1 aliphatic rings. The third-order valence-electron chi connectivity index (χ3n) is 2.93. The van der Waals surface area contributed by atoms with E-state index in [0.29, 0.717) is 12.0 Å². The molecule has 0 aliphatic carbocycles.